The third kappa shape index (κ3) is 4.37. The lowest BCUT2D eigenvalue weighted by Crippen LogP contribution is -2.39. The second-order valence-corrected chi connectivity index (χ2v) is 5.38. The van der Waals surface area contributed by atoms with Gasteiger partial charge in [-0.2, -0.15) is 11.8 Å². The minimum atomic E-state index is 0.485. The van der Waals surface area contributed by atoms with Crippen molar-refractivity contribution >= 4 is 11.8 Å². The normalized spacial score (nSPS) is 20.8. The maximum atomic E-state index is 3.71. The van der Waals surface area contributed by atoms with Crippen molar-refractivity contribution in [3.63, 3.8) is 0 Å². The Labute approximate surface area is 87.1 Å². The summed E-state index contributed by atoms with van der Waals surface area (Å²) in [6.45, 7) is 3.60. The van der Waals surface area contributed by atoms with Crippen LogP contribution in [0.15, 0.2) is 0 Å². The molecule has 1 saturated carbocycles. The molecule has 1 fully saturated rings. The van der Waals surface area contributed by atoms with Crippen LogP contribution < -0.4 is 5.32 Å². The van der Waals surface area contributed by atoms with Crippen LogP contribution >= 0.6 is 11.8 Å². The van der Waals surface area contributed by atoms with Gasteiger partial charge < -0.3 is 5.32 Å². The molecule has 1 aliphatic rings. The predicted octanol–water partition coefficient (Wildman–Crippen LogP) is 3.05. The number of nitrogens with one attached hydrogen (secondary N) is 1. The van der Waals surface area contributed by atoms with E-state index in [4.69, 9.17) is 0 Å². The first-order valence-electron chi connectivity index (χ1n) is 5.51. The summed E-state index contributed by atoms with van der Waals surface area (Å²) in [5, 5.41) is 3.71. The van der Waals surface area contributed by atoms with Gasteiger partial charge in [-0.15, -0.1) is 0 Å². The molecule has 78 valence electrons. The average Bonchev–Trinajstić information content (AvgIpc) is 2.53. The topological polar surface area (TPSA) is 12.0 Å². The van der Waals surface area contributed by atoms with Crippen molar-refractivity contribution in [3.8, 4) is 0 Å². The molecule has 0 radical (unpaired) electrons. The molecule has 0 saturated heterocycles. The molecule has 1 nitrogen and oxygen atoms in total. The molecule has 1 N–H and O–H groups in total. The summed E-state index contributed by atoms with van der Waals surface area (Å²) in [5.41, 5.74) is 0.485. The highest BCUT2D eigenvalue weighted by atomic mass is 32.2. The lowest BCUT2D eigenvalue weighted by atomic mass is 10.0. The lowest BCUT2D eigenvalue weighted by Gasteiger charge is -2.25. The Hall–Kier alpha value is 0.310. The van der Waals surface area contributed by atoms with Gasteiger partial charge in [-0.25, -0.2) is 0 Å². The maximum Gasteiger partial charge on any atom is 0.0153 e. The fourth-order valence-electron chi connectivity index (χ4n) is 2.09. The Morgan fingerprint density at radius 2 is 1.92 bits per heavy atom. The van der Waals surface area contributed by atoms with Gasteiger partial charge in [-0.05, 0) is 51.2 Å². The van der Waals surface area contributed by atoms with Crippen molar-refractivity contribution in [1.29, 1.82) is 0 Å². The molecule has 1 aliphatic carbocycles. The average molecular weight is 201 g/mol. The third-order valence-electron chi connectivity index (χ3n) is 3.03. The SMILES string of the molecule is CSCCCCNC1(C)CCCC1. The zero-order valence-electron chi connectivity index (χ0n) is 9.07. The van der Waals surface area contributed by atoms with Crippen molar-refractivity contribution in [1.82, 2.24) is 5.32 Å². The number of thioether (sulfide) groups is 1. The molecule has 0 amide bonds. The number of unbranched alkanes of at least 4 members (excludes halogenated alkanes) is 1. The van der Waals surface area contributed by atoms with Crippen molar-refractivity contribution in [2.45, 2.75) is 51.0 Å². The molecule has 13 heavy (non-hydrogen) atoms. The van der Waals surface area contributed by atoms with E-state index in [1.54, 1.807) is 0 Å². The Bertz CT molecular complexity index is 130. The molecular formula is C11H23NS. The highest BCUT2D eigenvalue weighted by Crippen LogP contribution is 2.28. The second-order valence-electron chi connectivity index (χ2n) is 4.39. The monoisotopic (exact) mass is 201 g/mol. The Kier molecular flexibility index (Phi) is 5.18. The van der Waals surface area contributed by atoms with E-state index in [9.17, 15) is 0 Å². The molecule has 0 bridgehead atoms. The van der Waals surface area contributed by atoms with Gasteiger partial charge >= 0.3 is 0 Å². The summed E-state index contributed by atoms with van der Waals surface area (Å²) in [5.74, 6) is 1.32. The fourth-order valence-corrected chi connectivity index (χ4v) is 2.59. The van der Waals surface area contributed by atoms with Crippen LogP contribution in [0.4, 0.5) is 0 Å². The van der Waals surface area contributed by atoms with E-state index < -0.39 is 0 Å². The maximum absolute atomic E-state index is 3.71. The van der Waals surface area contributed by atoms with E-state index in [0.717, 1.165) is 0 Å². The minimum absolute atomic E-state index is 0.485. The molecule has 0 heterocycles. The van der Waals surface area contributed by atoms with Crippen LogP contribution in [0, 0.1) is 0 Å². The summed E-state index contributed by atoms with van der Waals surface area (Å²) in [6, 6.07) is 0. The van der Waals surface area contributed by atoms with Gasteiger partial charge in [0.15, 0.2) is 0 Å². The molecule has 0 aromatic heterocycles. The quantitative estimate of drug-likeness (QED) is 0.663. The third-order valence-corrected chi connectivity index (χ3v) is 3.73. The van der Waals surface area contributed by atoms with Crippen molar-refractivity contribution < 1.29 is 0 Å². The van der Waals surface area contributed by atoms with Crippen LogP contribution in [-0.2, 0) is 0 Å². The van der Waals surface area contributed by atoms with Gasteiger partial charge in [-0.3, -0.25) is 0 Å². The van der Waals surface area contributed by atoms with Gasteiger partial charge in [-0.1, -0.05) is 12.8 Å². The first-order chi connectivity index (χ1) is 6.27. The first-order valence-corrected chi connectivity index (χ1v) is 6.90. The summed E-state index contributed by atoms with van der Waals surface area (Å²) in [6.07, 6.45) is 10.5. The van der Waals surface area contributed by atoms with Crippen LogP contribution in [0.3, 0.4) is 0 Å². The molecule has 0 aliphatic heterocycles. The minimum Gasteiger partial charge on any atom is -0.312 e. The van der Waals surface area contributed by atoms with E-state index in [2.05, 4.69) is 18.5 Å². The zero-order chi connectivity index (χ0) is 9.57. The van der Waals surface area contributed by atoms with E-state index >= 15 is 0 Å². The van der Waals surface area contributed by atoms with E-state index in [1.807, 2.05) is 11.8 Å². The lowest BCUT2D eigenvalue weighted by molar-refractivity contribution is 0.362. The van der Waals surface area contributed by atoms with Crippen LogP contribution in [0.2, 0.25) is 0 Å². The summed E-state index contributed by atoms with van der Waals surface area (Å²) in [7, 11) is 0. The smallest absolute Gasteiger partial charge is 0.0153 e. The molecule has 0 aromatic carbocycles. The molecular weight excluding hydrogens is 178 g/mol. The molecule has 2 heteroatoms. The largest absolute Gasteiger partial charge is 0.312 e. The van der Waals surface area contributed by atoms with Crippen LogP contribution in [-0.4, -0.2) is 24.1 Å². The predicted molar refractivity (Wildman–Crippen MR) is 62.5 cm³/mol. The number of hydrogen-bond acceptors (Lipinski definition) is 2. The molecule has 0 spiro atoms. The molecule has 1 rings (SSSR count). The second kappa shape index (κ2) is 5.92. The highest BCUT2D eigenvalue weighted by molar-refractivity contribution is 7.98. The standard InChI is InChI=1S/C11H23NS/c1-11(7-3-4-8-11)12-9-5-6-10-13-2/h12H,3-10H2,1-2H3. The van der Waals surface area contributed by atoms with Gasteiger partial charge in [0.2, 0.25) is 0 Å². The number of hydrogen-bond donors (Lipinski definition) is 1. The van der Waals surface area contributed by atoms with Crippen molar-refractivity contribution in [3.05, 3.63) is 0 Å². The van der Waals surface area contributed by atoms with Crippen molar-refractivity contribution in [2.24, 2.45) is 0 Å². The van der Waals surface area contributed by atoms with Gasteiger partial charge in [0.25, 0.3) is 0 Å². The number of rotatable bonds is 6. The van der Waals surface area contributed by atoms with E-state index in [0.29, 0.717) is 5.54 Å². The summed E-state index contributed by atoms with van der Waals surface area (Å²) in [4.78, 5) is 0. The Morgan fingerprint density at radius 3 is 2.54 bits per heavy atom. The highest BCUT2D eigenvalue weighted by Gasteiger charge is 2.26. The van der Waals surface area contributed by atoms with Crippen LogP contribution in [0.5, 0.6) is 0 Å². The van der Waals surface area contributed by atoms with Gasteiger partial charge in [0.1, 0.15) is 0 Å². The Morgan fingerprint density at radius 1 is 1.23 bits per heavy atom. The molecule has 0 unspecified atom stereocenters. The summed E-state index contributed by atoms with van der Waals surface area (Å²) < 4.78 is 0. The molecule has 0 atom stereocenters. The summed E-state index contributed by atoms with van der Waals surface area (Å²) >= 11 is 1.96. The van der Waals surface area contributed by atoms with E-state index in [-0.39, 0.29) is 0 Å². The van der Waals surface area contributed by atoms with Crippen molar-refractivity contribution in [2.75, 3.05) is 18.6 Å². The van der Waals surface area contributed by atoms with Crippen LogP contribution in [0.1, 0.15) is 45.4 Å². The van der Waals surface area contributed by atoms with E-state index in [1.165, 1.54) is 50.8 Å². The van der Waals surface area contributed by atoms with Gasteiger partial charge in [0.05, 0.1) is 0 Å². The fraction of sp³-hybridized carbons (Fsp3) is 1.00. The zero-order valence-corrected chi connectivity index (χ0v) is 9.88. The Balaban J connectivity index is 1.98. The van der Waals surface area contributed by atoms with Gasteiger partial charge in [0, 0.05) is 5.54 Å². The molecule has 0 aromatic rings. The van der Waals surface area contributed by atoms with Crippen LogP contribution in [0.25, 0.3) is 0 Å². The first kappa shape index (κ1) is 11.4.